The van der Waals surface area contributed by atoms with Gasteiger partial charge in [0.05, 0.1) is 0 Å². The Hall–Kier alpha value is -2.10. The summed E-state index contributed by atoms with van der Waals surface area (Å²) in [6, 6.07) is 6.38. The maximum Gasteiger partial charge on any atom is 0.166 e. The van der Waals surface area contributed by atoms with E-state index in [2.05, 4.69) is 6.92 Å². The van der Waals surface area contributed by atoms with Gasteiger partial charge in [-0.05, 0) is 72.6 Å². The third-order valence-corrected chi connectivity index (χ3v) is 5.56. The zero-order chi connectivity index (χ0) is 20.1. The predicted molar refractivity (Wildman–Crippen MR) is 105 cm³/mol. The van der Waals surface area contributed by atoms with E-state index in [1.807, 2.05) is 6.08 Å². The topological polar surface area (TPSA) is 0 Å². The molecule has 0 heterocycles. The maximum atomic E-state index is 14.4. The normalized spacial score (nSPS) is 16.9. The summed E-state index contributed by atoms with van der Waals surface area (Å²) in [6.07, 6.45) is 9.72. The van der Waals surface area contributed by atoms with E-state index in [0.29, 0.717) is 22.6 Å². The van der Waals surface area contributed by atoms with Crippen molar-refractivity contribution in [3.63, 3.8) is 0 Å². The van der Waals surface area contributed by atoms with Gasteiger partial charge in [0.2, 0.25) is 0 Å². The van der Waals surface area contributed by atoms with Gasteiger partial charge >= 0.3 is 0 Å². The highest BCUT2D eigenvalue weighted by Gasteiger charge is 2.20. The molecule has 28 heavy (non-hydrogen) atoms. The quantitative estimate of drug-likeness (QED) is 0.337. The lowest BCUT2D eigenvalue weighted by Crippen LogP contribution is -2.07. The van der Waals surface area contributed by atoms with Crippen molar-refractivity contribution in [1.82, 2.24) is 0 Å². The number of unbranched alkanes of at least 4 members (excludes halogenated alkanes) is 2. The van der Waals surface area contributed by atoms with Crippen LogP contribution in [-0.4, -0.2) is 0 Å². The Morgan fingerprint density at radius 1 is 0.893 bits per heavy atom. The maximum absolute atomic E-state index is 14.4. The minimum Gasteiger partial charge on any atom is -0.204 e. The van der Waals surface area contributed by atoms with E-state index in [1.165, 1.54) is 31.7 Å². The van der Waals surface area contributed by atoms with E-state index < -0.39 is 23.3 Å². The highest BCUT2D eigenvalue weighted by atomic mass is 19.2. The van der Waals surface area contributed by atoms with Crippen molar-refractivity contribution in [2.24, 2.45) is 5.92 Å². The van der Waals surface area contributed by atoms with Crippen LogP contribution in [0.25, 0.3) is 5.57 Å². The minimum atomic E-state index is -0.940. The lowest BCUT2D eigenvalue weighted by molar-refractivity contribution is 0.427. The van der Waals surface area contributed by atoms with Crippen molar-refractivity contribution in [2.45, 2.75) is 58.3 Å². The SMILES string of the molecule is CCCCCC1CC=C(c2cc(Cc3ccc(F)c(F)c3)cc(F)c2F)CC1. The Balaban J connectivity index is 1.77. The van der Waals surface area contributed by atoms with Crippen LogP contribution in [-0.2, 0) is 6.42 Å². The van der Waals surface area contributed by atoms with Crippen LogP contribution in [0.4, 0.5) is 17.6 Å². The van der Waals surface area contributed by atoms with E-state index in [-0.39, 0.29) is 6.42 Å². The fourth-order valence-electron chi connectivity index (χ4n) is 3.94. The molecule has 0 fully saturated rings. The number of halogens is 4. The summed E-state index contributed by atoms with van der Waals surface area (Å²) in [6.45, 7) is 2.18. The van der Waals surface area contributed by atoms with E-state index in [1.54, 1.807) is 6.07 Å². The zero-order valence-electron chi connectivity index (χ0n) is 16.2. The summed E-state index contributed by atoms with van der Waals surface area (Å²) in [5, 5.41) is 0. The van der Waals surface area contributed by atoms with Crippen LogP contribution in [0.2, 0.25) is 0 Å². The average Bonchev–Trinajstić information content (AvgIpc) is 2.68. The number of hydrogen-bond acceptors (Lipinski definition) is 0. The van der Waals surface area contributed by atoms with Gasteiger partial charge in [-0.1, -0.05) is 44.7 Å². The molecule has 1 unspecified atom stereocenters. The molecule has 0 aliphatic heterocycles. The van der Waals surface area contributed by atoms with Crippen LogP contribution in [0.5, 0.6) is 0 Å². The van der Waals surface area contributed by atoms with Gasteiger partial charge in [0.1, 0.15) is 0 Å². The van der Waals surface area contributed by atoms with E-state index in [0.717, 1.165) is 43.0 Å². The van der Waals surface area contributed by atoms with Crippen LogP contribution in [0.1, 0.15) is 68.6 Å². The highest BCUT2D eigenvalue weighted by molar-refractivity contribution is 5.67. The molecule has 3 rings (SSSR count). The summed E-state index contributed by atoms with van der Waals surface area (Å²) in [5.74, 6) is -2.97. The molecule has 0 bridgehead atoms. The molecule has 150 valence electrons. The first-order chi connectivity index (χ1) is 13.5. The van der Waals surface area contributed by atoms with E-state index in [9.17, 15) is 17.6 Å². The molecular weight excluding hydrogens is 364 g/mol. The predicted octanol–water partition coefficient (Wildman–Crippen LogP) is 7.60. The number of rotatable bonds is 7. The van der Waals surface area contributed by atoms with Crippen molar-refractivity contribution in [3.05, 3.63) is 76.4 Å². The fraction of sp³-hybridized carbons (Fsp3) is 0.417. The first-order valence-electron chi connectivity index (χ1n) is 10.1. The van der Waals surface area contributed by atoms with Gasteiger partial charge in [0.25, 0.3) is 0 Å². The standard InChI is InChI=1S/C24H26F4/c1-2-3-4-5-16-6-9-19(10-7-16)20-13-18(15-23(27)24(20)28)12-17-8-11-21(25)22(26)14-17/h8-9,11,13-16H,2-7,10,12H2,1H3. The zero-order valence-corrected chi connectivity index (χ0v) is 16.2. The van der Waals surface area contributed by atoms with Gasteiger partial charge in [0.15, 0.2) is 23.3 Å². The Labute approximate surface area is 164 Å². The number of allylic oxidation sites excluding steroid dienone is 2. The van der Waals surface area contributed by atoms with Crippen molar-refractivity contribution < 1.29 is 17.6 Å². The number of benzene rings is 2. The molecule has 0 saturated heterocycles. The van der Waals surface area contributed by atoms with Gasteiger partial charge in [-0.25, -0.2) is 17.6 Å². The molecule has 2 aromatic carbocycles. The molecule has 0 aromatic heterocycles. The molecule has 0 spiro atoms. The van der Waals surface area contributed by atoms with Crippen LogP contribution in [0.15, 0.2) is 36.4 Å². The summed E-state index contributed by atoms with van der Waals surface area (Å²) in [4.78, 5) is 0. The lowest BCUT2D eigenvalue weighted by atomic mass is 9.83. The molecule has 2 aromatic rings. The summed E-state index contributed by atoms with van der Waals surface area (Å²) < 4.78 is 55.2. The Kier molecular flexibility index (Phi) is 6.93. The Morgan fingerprint density at radius 3 is 2.36 bits per heavy atom. The second-order valence-corrected chi connectivity index (χ2v) is 7.73. The highest BCUT2D eigenvalue weighted by Crippen LogP contribution is 2.35. The first kappa shape index (κ1) is 20.6. The van der Waals surface area contributed by atoms with Crippen LogP contribution in [0, 0.1) is 29.2 Å². The van der Waals surface area contributed by atoms with Gasteiger partial charge < -0.3 is 0 Å². The summed E-state index contributed by atoms with van der Waals surface area (Å²) >= 11 is 0. The molecule has 1 aliphatic rings. The third-order valence-electron chi connectivity index (χ3n) is 5.56. The molecule has 0 radical (unpaired) electrons. The van der Waals surface area contributed by atoms with Gasteiger partial charge in [-0.15, -0.1) is 0 Å². The Bertz CT molecular complexity index is 854. The molecular formula is C24H26F4. The van der Waals surface area contributed by atoms with Crippen molar-refractivity contribution in [2.75, 3.05) is 0 Å². The molecule has 1 aliphatic carbocycles. The van der Waals surface area contributed by atoms with Crippen molar-refractivity contribution in [1.29, 1.82) is 0 Å². The average molecular weight is 390 g/mol. The molecule has 4 heteroatoms. The lowest BCUT2D eigenvalue weighted by Gasteiger charge is -2.23. The van der Waals surface area contributed by atoms with E-state index in [4.69, 9.17) is 0 Å². The minimum absolute atomic E-state index is 0.217. The van der Waals surface area contributed by atoms with Gasteiger partial charge in [-0.2, -0.15) is 0 Å². The van der Waals surface area contributed by atoms with E-state index >= 15 is 0 Å². The van der Waals surface area contributed by atoms with Crippen LogP contribution in [0.3, 0.4) is 0 Å². The summed E-state index contributed by atoms with van der Waals surface area (Å²) in [5.41, 5.74) is 2.20. The molecule has 0 N–H and O–H groups in total. The molecule has 0 amide bonds. The summed E-state index contributed by atoms with van der Waals surface area (Å²) in [7, 11) is 0. The van der Waals surface area contributed by atoms with Gasteiger partial charge in [-0.3, -0.25) is 0 Å². The molecule has 0 saturated carbocycles. The Morgan fingerprint density at radius 2 is 1.68 bits per heavy atom. The second kappa shape index (κ2) is 9.40. The molecule has 1 atom stereocenters. The van der Waals surface area contributed by atoms with Crippen LogP contribution < -0.4 is 0 Å². The monoisotopic (exact) mass is 390 g/mol. The number of hydrogen-bond donors (Lipinski definition) is 0. The molecule has 0 nitrogen and oxygen atoms in total. The van der Waals surface area contributed by atoms with Crippen molar-refractivity contribution in [3.8, 4) is 0 Å². The first-order valence-corrected chi connectivity index (χ1v) is 10.1. The van der Waals surface area contributed by atoms with Gasteiger partial charge in [0, 0.05) is 5.56 Å². The second-order valence-electron chi connectivity index (χ2n) is 7.73. The smallest absolute Gasteiger partial charge is 0.166 e. The third kappa shape index (κ3) is 5.03. The van der Waals surface area contributed by atoms with Crippen molar-refractivity contribution >= 4 is 5.57 Å². The van der Waals surface area contributed by atoms with Crippen LogP contribution >= 0.6 is 0 Å². The fourth-order valence-corrected chi connectivity index (χ4v) is 3.94. The largest absolute Gasteiger partial charge is 0.204 e.